The smallest absolute Gasteiger partial charge is 0.259 e. The zero-order chi connectivity index (χ0) is 13.2. The number of carbonyl (C=O) groups is 1. The van der Waals surface area contributed by atoms with Crippen LogP contribution in [0.1, 0.15) is 22.3 Å². The van der Waals surface area contributed by atoms with Crippen molar-refractivity contribution in [1.82, 2.24) is 4.98 Å². The van der Waals surface area contributed by atoms with Crippen LogP contribution in [0.15, 0.2) is 42.7 Å². The molecular formula is C15H14N2O2. The predicted octanol–water partition coefficient (Wildman–Crippen LogP) is 2.38. The van der Waals surface area contributed by atoms with Crippen molar-refractivity contribution in [2.24, 2.45) is 0 Å². The number of phenolic OH excluding ortho intramolecular Hbond substituents is 1. The van der Waals surface area contributed by atoms with Gasteiger partial charge in [0, 0.05) is 24.6 Å². The third-order valence-corrected chi connectivity index (χ3v) is 3.34. The molecule has 0 bridgehead atoms. The molecule has 0 saturated carbocycles. The van der Waals surface area contributed by atoms with E-state index in [0.717, 1.165) is 24.1 Å². The first-order valence-corrected chi connectivity index (χ1v) is 6.29. The van der Waals surface area contributed by atoms with E-state index in [9.17, 15) is 9.90 Å². The monoisotopic (exact) mass is 254 g/mol. The zero-order valence-corrected chi connectivity index (χ0v) is 10.4. The number of amides is 1. The van der Waals surface area contributed by atoms with Crippen molar-refractivity contribution in [2.45, 2.75) is 12.8 Å². The summed E-state index contributed by atoms with van der Waals surface area (Å²) < 4.78 is 0. The summed E-state index contributed by atoms with van der Waals surface area (Å²) >= 11 is 0. The normalized spacial score (nSPS) is 14.0. The Balaban J connectivity index is 1.98. The van der Waals surface area contributed by atoms with E-state index in [1.165, 1.54) is 0 Å². The Bertz CT molecular complexity index is 611. The molecule has 0 fully saturated rings. The molecule has 1 amide bonds. The molecule has 0 aliphatic carbocycles. The van der Waals surface area contributed by atoms with Gasteiger partial charge in [0.2, 0.25) is 0 Å². The lowest BCUT2D eigenvalue weighted by Crippen LogP contribution is -2.35. The van der Waals surface area contributed by atoms with Gasteiger partial charge in [-0.3, -0.25) is 9.78 Å². The lowest BCUT2D eigenvalue weighted by atomic mass is 10.0. The number of aryl methyl sites for hydroxylation is 1. The molecule has 1 aliphatic rings. The second kappa shape index (κ2) is 4.72. The largest absolute Gasteiger partial charge is 0.508 e. The quantitative estimate of drug-likeness (QED) is 0.850. The van der Waals surface area contributed by atoms with Crippen molar-refractivity contribution in [1.29, 1.82) is 0 Å². The molecule has 0 saturated heterocycles. The summed E-state index contributed by atoms with van der Waals surface area (Å²) in [6.45, 7) is 0.700. The summed E-state index contributed by atoms with van der Waals surface area (Å²) in [5.41, 5.74) is 2.49. The molecule has 2 aromatic rings. The number of aromatic hydroxyl groups is 1. The third-order valence-electron chi connectivity index (χ3n) is 3.34. The highest BCUT2D eigenvalue weighted by molar-refractivity contribution is 6.06. The van der Waals surface area contributed by atoms with Crippen LogP contribution in [0.5, 0.6) is 5.75 Å². The Morgan fingerprint density at radius 1 is 1.32 bits per heavy atom. The highest BCUT2D eigenvalue weighted by Crippen LogP contribution is 2.30. The van der Waals surface area contributed by atoms with Gasteiger partial charge in [0.1, 0.15) is 5.75 Å². The van der Waals surface area contributed by atoms with Crippen molar-refractivity contribution >= 4 is 11.6 Å². The predicted molar refractivity (Wildman–Crippen MR) is 72.3 cm³/mol. The lowest BCUT2D eigenvalue weighted by molar-refractivity contribution is 0.0984. The average molecular weight is 254 g/mol. The van der Waals surface area contributed by atoms with Gasteiger partial charge in [0.15, 0.2) is 0 Å². The van der Waals surface area contributed by atoms with Crippen LogP contribution in [0.4, 0.5) is 5.69 Å². The van der Waals surface area contributed by atoms with E-state index >= 15 is 0 Å². The molecule has 1 N–H and O–H groups in total. The number of anilines is 1. The summed E-state index contributed by atoms with van der Waals surface area (Å²) in [7, 11) is 0. The maximum absolute atomic E-state index is 12.5. The maximum Gasteiger partial charge on any atom is 0.259 e. The SMILES string of the molecule is O=C(c1cccnc1)N1CCCc2cc(O)ccc21. The summed E-state index contributed by atoms with van der Waals surface area (Å²) in [5.74, 6) is 0.203. The van der Waals surface area contributed by atoms with E-state index in [2.05, 4.69) is 4.98 Å². The fourth-order valence-corrected chi connectivity index (χ4v) is 2.44. The molecule has 1 aromatic carbocycles. The molecule has 1 aromatic heterocycles. The molecule has 3 rings (SSSR count). The van der Waals surface area contributed by atoms with Crippen molar-refractivity contribution in [3.05, 3.63) is 53.9 Å². The summed E-state index contributed by atoms with van der Waals surface area (Å²) in [6, 6.07) is 8.68. The van der Waals surface area contributed by atoms with Crippen LogP contribution < -0.4 is 4.90 Å². The number of hydrogen-bond acceptors (Lipinski definition) is 3. The van der Waals surface area contributed by atoms with Crippen LogP contribution in [0.25, 0.3) is 0 Å². The first kappa shape index (κ1) is 11.7. The molecule has 4 heteroatoms. The number of carbonyl (C=O) groups excluding carboxylic acids is 1. The molecule has 19 heavy (non-hydrogen) atoms. The lowest BCUT2D eigenvalue weighted by Gasteiger charge is -2.29. The van der Waals surface area contributed by atoms with Crippen molar-refractivity contribution in [3.63, 3.8) is 0 Å². The van der Waals surface area contributed by atoms with E-state index in [0.29, 0.717) is 12.1 Å². The Labute approximate surface area is 111 Å². The number of rotatable bonds is 1. The number of fused-ring (bicyclic) bond motifs is 1. The highest BCUT2D eigenvalue weighted by Gasteiger charge is 2.23. The maximum atomic E-state index is 12.5. The van der Waals surface area contributed by atoms with Gasteiger partial charge in [-0.2, -0.15) is 0 Å². The second-order valence-corrected chi connectivity index (χ2v) is 4.62. The molecule has 0 spiro atoms. The topological polar surface area (TPSA) is 53.4 Å². The second-order valence-electron chi connectivity index (χ2n) is 4.62. The van der Waals surface area contributed by atoms with Crippen LogP contribution in [0.2, 0.25) is 0 Å². The molecular weight excluding hydrogens is 240 g/mol. The summed E-state index contributed by atoms with van der Waals surface area (Å²) in [6.07, 6.45) is 5.03. The average Bonchev–Trinajstić information content (AvgIpc) is 2.46. The minimum absolute atomic E-state index is 0.0419. The molecule has 96 valence electrons. The number of aromatic nitrogens is 1. The van der Waals surface area contributed by atoms with Crippen LogP contribution in [0.3, 0.4) is 0 Å². The van der Waals surface area contributed by atoms with Crippen LogP contribution >= 0.6 is 0 Å². The Hall–Kier alpha value is -2.36. The number of phenols is 1. The Kier molecular flexibility index (Phi) is 2.91. The fourth-order valence-electron chi connectivity index (χ4n) is 2.44. The van der Waals surface area contributed by atoms with Gasteiger partial charge in [-0.1, -0.05) is 0 Å². The number of nitrogens with zero attached hydrogens (tertiary/aromatic N) is 2. The molecule has 1 aliphatic heterocycles. The van der Waals surface area contributed by atoms with Gasteiger partial charge in [-0.25, -0.2) is 0 Å². The fraction of sp³-hybridized carbons (Fsp3) is 0.200. The van der Waals surface area contributed by atoms with Crippen LogP contribution in [-0.4, -0.2) is 22.5 Å². The molecule has 4 nitrogen and oxygen atoms in total. The molecule has 0 unspecified atom stereocenters. The first-order chi connectivity index (χ1) is 9.25. The Morgan fingerprint density at radius 3 is 3.00 bits per heavy atom. The molecule has 2 heterocycles. The minimum atomic E-state index is -0.0419. The van der Waals surface area contributed by atoms with Gasteiger partial charge in [-0.15, -0.1) is 0 Å². The van der Waals surface area contributed by atoms with Crippen molar-refractivity contribution in [3.8, 4) is 5.75 Å². The van der Waals surface area contributed by atoms with Gasteiger partial charge in [0.05, 0.1) is 5.56 Å². The third kappa shape index (κ3) is 2.17. The number of pyridine rings is 1. The first-order valence-electron chi connectivity index (χ1n) is 6.29. The van der Waals surface area contributed by atoms with E-state index in [4.69, 9.17) is 0 Å². The van der Waals surface area contributed by atoms with E-state index in [-0.39, 0.29) is 11.7 Å². The highest BCUT2D eigenvalue weighted by atomic mass is 16.3. The molecule has 0 radical (unpaired) electrons. The van der Waals surface area contributed by atoms with Gasteiger partial charge >= 0.3 is 0 Å². The minimum Gasteiger partial charge on any atom is -0.508 e. The van der Waals surface area contributed by atoms with E-state index in [1.807, 2.05) is 0 Å². The van der Waals surface area contributed by atoms with Gasteiger partial charge in [0.25, 0.3) is 5.91 Å². The zero-order valence-electron chi connectivity index (χ0n) is 10.4. The van der Waals surface area contributed by atoms with Gasteiger partial charge < -0.3 is 10.0 Å². The van der Waals surface area contributed by atoms with E-state index in [1.54, 1.807) is 47.6 Å². The van der Waals surface area contributed by atoms with Gasteiger partial charge in [-0.05, 0) is 48.7 Å². The van der Waals surface area contributed by atoms with Crippen LogP contribution in [-0.2, 0) is 6.42 Å². The molecule has 0 atom stereocenters. The standard InChI is InChI=1S/C15H14N2O2/c18-13-5-6-14-11(9-13)4-2-8-17(14)15(19)12-3-1-7-16-10-12/h1,3,5-7,9-10,18H,2,4,8H2. The number of hydrogen-bond donors (Lipinski definition) is 1. The van der Waals surface area contributed by atoms with E-state index < -0.39 is 0 Å². The van der Waals surface area contributed by atoms with Crippen LogP contribution in [0, 0.1) is 0 Å². The summed E-state index contributed by atoms with van der Waals surface area (Å²) in [4.78, 5) is 18.2. The van der Waals surface area contributed by atoms with Crippen molar-refractivity contribution < 1.29 is 9.90 Å². The van der Waals surface area contributed by atoms with Crippen molar-refractivity contribution in [2.75, 3.05) is 11.4 Å². The Morgan fingerprint density at radius 2 is 2.21 bits per heavy atom. The summed E-state index contributed by atoms with van der Waals surface area (Å²) in [5, 5.41) is 9.52. The number of benzene rings is 1.